The fraction of sp³-hybridized carbons (Fsp3) is 0.471. The summed E-state index contributed by atoms with van der Waals surface area (Å²) in [6.07, 6.45) is -0.178. The molecule has 1 aliphatic rings. The van der Waals surface area contributed by atoms with Gasteiger partial charge < -0.3 is 31.6 Å². The monoisotopic (exact) mass is 380 g/mol. The number of ether oxygens (including phenoxy) is 2. The van der Waals surface area contributed by atoms with Gasteiger partial charge in [-0.1, -0.05) is 6.07 Å². The molecule has 1 amide bonds. The minimum atomic E-state index is -0.636. The highest BCUT2D eigenvalue weighted by molar-refractivity contribution is 5.93. The number of hydrogen-bond acceptors (Lipinski definition) is 4. The van der Waals surface area contributed by atoms with Crippen LogP contribution in [0.3, 0.4) is 0 Å². The molecule has 6 N–H and O–H groups in total. The number of rotatable bonds is 3. The minimum absolute atomic E-state index is 0.115. The first-order valence-electron chi connectivity index (χ1n) is 8.42. The Kier molecular flexibility index (Phi) is 6.09. The average molecular weight is 380 g/mol. The van der Waals surface area contributed by atoms with Gasteiger partial charge in [-0.05, 0) is 32.9 Å². The normalized spacial score (nSPS) is 17.6. The second-order valence-electron chi connectivity index (χ2n) is 7.05. The van der Waals surface area contributed by atoms with Crippen molar-refractivity contribution in [3.63, 3.8) is 0 Å². The van der Waals surface area contributed by atoms with Gasteiger partial charge in [0.25, 0.3) is 0 Å². The zero-order chi connectivity index (χ0) is 20.2. The molecule has 1 heterocycles. The lowest BCUT2D eigenvalue weighted by atomic mass is 10.2. The SMILES string of the molecule is CC(C)(C)OC(=O)N1CCC(Oc2cccc(F)c2N=C(N)N=C(N)N)C1. The van der Waals surface area contributed by atoms with E-state index in [9.17, 15) is 9.18 Å². The van der Waals surface area contributed by atoms with Crippen LogP contribution in [0.1, 0.15) is 27.2 Å². The smallest absolute Gasteiger partial charge is 0.410 e. The van der Waals surface area contributed by atoms with Crippen molar-refractivity contribution in [3.05, 3.63) is 24.0 Å². The molecule has 1 aromatic rings. The lowest BCUT2D eigenvalue weighted by molar-refractivity contribution is 0.0276. The fourth-order valence-electron chi connectivity index (χ4n) is 2.47. The molecule has 1 atom stereocenters. The maximum absolute atomic E-state index is 14.2. The van der Waals surface area contributed by atoms with Crippen LogP contribution in [0, 0.1) is 5.82 Å². The third-order valence-corrected chi connectivity index (χ3v) is 3.51. The molecule has 0 aliphatic carbocycles. The number of aliphatic imine (C=N–C) groups is 2. The van der Waals surface area contributed by atoms with Gasteiger partial charge in [0, 0.05) is 13.0 Å². The molecule has 0 bridgehead atoms. The summed E-state index contributed by atoms with van der Waals surface area (Å²) in [5.41, 5.74) is 15.4. The summed E-state index contributed by atoms with van der Waals surface area (Å²) in [5.74, 6) is -1.05. The molecule has 2 rings (SSSR count). The highest BCUT2D eigenvalue weighted by Crippen LogP contribution is 2.32. The molecule has 1 aliphatic heterocycles. The lowest BCUT2D eigenvalue weighted by Crippen LogP contribution is -2.36. The minimum Gasteiger partial charge on any atom is -0.486 e. The lowest BCUT2D eigenvalue weighted by Gasteiger charge is -2.24. The number of halogens is 1. The van der Waals surface area contributed by atoms with E-state index < -0.39 is 17.5 Å². The van der Waals surface area contributed by atoms with E-state index in [4.69, 9.17) is 26.7 Å². The Morgan fingerprint density at radius 1 is 1.30 bits per heavy atom. The number of carbonyl (C=O) groups excluding carboxylic acids is 1. The summed E-state index contributed by atoms with van der Waals surface area (Å²) in [5, 5.41) is 0. The van der Waals surface area contributed by atoms with Crippen LogP contribution in [0.15, 0.2) is 28.2 Å². The Hall–Kier alpha value is -3.04. The predicted molar refractivity (Wildman–Crippen MR) is 100 cm³/mol. The average Bonchev–Trinajstić information content (AvgIpc) is 2.97. The third-order valence-electron chi connectivity index (χ3n) is 3.51. The maximum Gasteiger partial charge on any atom is 0.410 e. The number of amides is 1. The molecular weight excluding hydrogens is 355 g/mol. The summed E-state index contributed by atoms with van der Waals surface area (Å²) in [6.45, 7) is 6.19. The molecule has 27 heavy (non-hydrogen) atoms. The first-order chi connectivity index (χ1) is 12.5. The molecule has 0 radical (unpaired) electrons. The van der Waals surface area contributed by atoms with Crippen molar-refractivity contribution < 1.29 is 18.7 Å². The van der Waals surface area contributed by atoms with Gasteiger partial charge in [0.15, 0.2) is 11.8 Å². The van der Waals surface area contributed by atoms with Crippen LogP contribution in [0.5, 0.6) is 5.75 Å². The van der Waals surface area contributed by atoms with Gasteiger partial charge in [-0.25, -0.2) is 14.2 Å². The highest BCUT2D eigenvalue weighted by atomic mass is 19.1. The van der Waals surface area contributed by atoms with Crippen molar-refractivity contribution in [1.29, 1.82) is 0 Å². The van der Waals surface area contributed by atoms with Crippen molar-refractivity contribution in [2.24, 2.45) is 27.2 Å². The molecule has 9 nitrogen and oxygen atoms in total. The zero-order valence-corrected chi connectivity index (χ0v) is 15.6. The molecule has 148 valence electrons. The van der Waals surface area contributed by atoms with Crippen molar-refractivity contribution in [3.8, 4) is 5.75 Å². The number of benzene rings is 1. The summed E-state index contributed by atoms with van der Waals surface area (Å²) in [6, 6.07) is 4.26. The van der Waals surface area contributed by atoms with E-state index in [2.05, 4.69) is 9.98 Å². The van der Waals surface area contributed by atoms with Crippen LogP contribution < -0.4 is 21.9 Å². The van der Waals surface area contributed by atoms with E-state index in [-0.39, 0.29) is 29.5 Å². The number of carbonyl (C=O) groups is 1. The Bertz CT molecular complexity index is 756. The number of guanidine groups is 2. The molecule has 0 spiro atoms. The largest absolute Gasteiger partial charge is 0.486 e. The Labute approximate surface area is 157 Å². The van der Waals surface area contributed by atoms with Crippen molar-refractivity contribution in [1.82, 2.24) is 4.90 Å². The van der Waals surface area contributed by atoms with E-state index in [1.54, 1.807) is 31.7 Å². The molecule has 10 heteroatoms. The van der Waals surface area contributed by atoms with Crippen LogP contribution in [0.4, 0.5) is 14.9 Å². The quantitative estimate of drug-likeness (QED) is 0.535. The molecule has 1 unspecified atom stereocenters. The molecular formula is C17H25FN6O3. The highest BCUT2D eigenvalue weighted by Gasteiger charge is 2.31. The summed E-state index contributed by atoms with van der Waals surface area (Å²) in [4.78, 5) is 21.1. The van der Waals surface area contributed by atoms with Crippen LogP contribution >= 0.6 is 0 Å². The number of nitrogens with two attached hydrogens (primary N) is 3. The summed E-state index contributed by atoms with van der Waals surface area (Å²) < 4.78 is 25.4. The second kappa shape index (κ2) is 8.11. The van der Waals surface area contributed by atoms with Crippen LogP contribution in [-0.4, -0.2) is 47.7 Å². The molecule has 1 aromatic carbocycles. The van der Waals surface area contributed by atoms with Crippen molar-refractivity contribution in [2.75, 3.05) is 13.1 Å². The summed E-state index contributed by atoms with van der Waals surface area (Å²) in [7, 11) is 0. The molecule has 0 aromatic heterocycles. The topological polar surface area (TPSA) is 142 Å². The predicted octanol–water partition coefficient (Wildman–Crippen LogP) is 1.43. The number of nitrogens with zero attached hydrogens (tertiary/aromatic N) is 3. The van der Waals surface area contributed by atoms with Crippen molar-refractivity contribution in [2.45, 2.75) is 38.9 Å². The van der Waals surface area contributed by atoms with Crippen LogP contribution in [0.25, 0.3) is 0 Å². The summed E-state index contributed by atoms with van der Waals surface area (Å²) >= 11 is 0. The Morgan fingerprint density at radius 3 is 2.63 bits per heavy atom. The maximum atomic E-state index is 14.2. The number of hydrogen-bond donors (Lipinski definition) is 3. The van der Waals surface area contributed by atoms with Gasteiger partial charge in [0.05, 0.1) is 6.54 Å². The number of para-hydroxylation sites is 1. The number of likely N-dealkylation sites (tertiary alicyclic amines) is 1. The van der Waals surface area contributed by atoms with E-state index >= 15 is 0 Å². The first-order valence-corrected chi connectivity index (χ1v) is 8.42. The van der Waals surface area contributed by atoms with Crippen LogP contribution in [0.2, 0.25) is 0 Å². The van der Waals surface area contributed by atoms with Gasteiger partial charge in [-0.3, -0.25) is 0 Å². The molecule has 0 saturated carbocycles. The third kappa shape index (κ3) is 6.01. The van der Waals surface area contributed by atoms with Crippen LogP contribution in [-0.2, 0) is 4.74 Å². The molecule has 1 fully saturated rings. The Morgan fingerprint density at radius 2 is 2.00 bits per heavy atom. The Balaban J connectivity index is 2.12. The molecule has 1 saturated heterocycles. The van der Waals surface area contributed by atoms with E-state index in [1.165, 1.54) is 12.1 Å². The fourth-order valence-corrected chi connectivity index (χ4v) is 2.47. The van der Waals surface area contributed by atoms with Gasteiger partial charge in [-0.2, -0.15) is 4.99 Å². The van der Waals surface area contributed by atoms with Crippen molar-refractivity contribution >= 4 is 23.7 Å². The van der Waals surface area contributed by atoms with Gasteiger partial charge in [-0.15, -0.1) is 0 Å². The zero-order valence-electron chi connectivity index (χ0n) is 15.6. The van der Waals surface area contributed by atoms with Gasteiger partial charge in [0.1, 0.15) is 23.1 Å². The second-order valence-corrected chi connectivity index (χ2v) is 7.05. The van der Waals surface area contributed by atoms with E-state index in [0.29, 0.717) is 19.5 Å². The van der Waals surface area contributed by atoms with E-state index in [0.717, 1.165) is 0 Å². The standard InChI is InChI=1S/C17H25FN6O3/c1-17(2,3)27-16(25)24-8-7-10(9-24)26-12-6-4-5-11(18)13(12)22-15(21)23-14(19)20/h4-6,10H,7-9H2,1-3H3,(H6,19,20,21,22,23). The van der Waals surface area contributed by atoms with Gasteiger partial charge in [0.2, 0.25) is 5.96 Å². The first kappa shape index (κ1) is 20.3. The van der Waals surface area contributed by atoms with Gasteiger partial charge >= 0.3 is 6.09 Å². The van der Waals surface area contributed by atoms with E-state index in [1.807, 2.05) is 0 Å².